The van der Waals surface area contributed by atoms with Crippen molar-refractivity contribution >= 4 is 48.3 Å². The maximum Gasteiger partial charge on any atom is 0.267 e. The van der Waals surface area contributed by atoms with E-state index >= 15 is 0 Å². The van der Waals surface area contributed by atoms with Crippen LogP contribution in [0.15, 0.2) is 35.2 Å². The normalized spacial score (nSPS) is 11.7. The van der Waals surface area contributed by atoms with Gasteiger partial charge >= 0.3 is 0 Å². The summed E-state index contributed by atoms with van der Waals surface area (Å²) in [7, 11) is -2.37. The van der Waals surface area contributed by atoms with Crippen LogP contribution in [-0.4, -0.2) is 20.5 Å². The monoisotopic (exact) mass is 382 g/mol. The van der Waals surface area contributed by atoms with Gasteiger partial charge in [-0.1, -0.05) is 22.9 Å². The van der Waals surface area contributed by atoms with Crippen molar-refractivity contribution in [2.75, 3.05) is 11.8 Å². The van der Waals surface area contributed by atoms with E-state index in [0.29, 0.717) is 16.3 Å². The van der Waals surface area contributed by atoms with Crippen molar-refractivity contribution in [2.24, 2.45) is 0 Å². The fourth-order valence-corrected chi connectivity index (χ4v) is 4.86. The first-order valence-corrected chi connectivity index (χ1v) is 9.72. The number of fused-ring (bicyclic) bond motifs is 1. The van der Waals surface area contributed by atoms with Crippen molar-refractivity contribution in [3.05, 3.63) is 46.5 Å². The summed E-state index contributed by atoms with van der Waals surface area (Å²) < 4.78 is 34.0. The first-order valence-electron chi connectivity index (χ1n) is 7.04. The van der Waals surface area contributed by atoms with Crippen LogP contribution in [0.4, 0.5) is 5.13 Å². The van der Waals surface area contributed by atoms with Gasteiger partial charge in [-0.15, -0.1) is 0 Å². The number of anilines is 1. The van der Waals surface area contributed by atoms with Gasteiger partial charge in [0.25, 0.3) is 10.0 Å². The van der Waals surface area contributed by atoms with E-state index in [2.05, 4.69) is 9.71 Å². The summed E-state index contributed by atoms with van der Waals surface area (Å²) in [6.07, 6.45) is 0. The molecular formula is C16H15ClN2O3S2. The van der Waals surface area contributed by atoms with Gasteiger partial charge in [0.15, 0.2) is 5.13 Å². The average molecular weight is 383 g/mol. The number of thiazole rings is 1. The van der Waals surface area contributed by atoms with Gasteiger partial charge < -0.3 is 4.74 Å². The maximum atomic E-state index is 12.7. The van der Waals surface area contributed by atoms with E-state index in [9.17, 15) is 8.42 Å². The minimum atomic E-state index is -3.81. The van der Waals surface area contributed by atoms with Crippen LogP contribution < -0.4 is 9.46 Å². The smallest absolute Gasteiger partial charge is 0.267 e. The molecule has 0 fully saturated rings. The van der Waals surface area contributed by atoms with Gasteiger partial charge in [-0.25, -0.2) is 13.4 Å². The molecule has 0 aliphatic carbocycles. The van der Waals surface area contributed by atoms with E-state index in [1.165, 1.54) is 18.4 Å². The molecule has 3 aromatic rings. The molecule has 2 aromatic carbocycles. The second-order valence-corrected chi connectivity index (χ2v) is 8.44. The van der Waals surface area contributed by atoms with E-state index in [0.717, 1.165) is 15.8 Å². The van der Waals surface area contributed by atoms with Crippen LogP contribution in [0.25, 0.3) is 10.2 Å². The molecule has 0 aliphatic heterocycles. The second kappa shape index (κ2) is 6.23. The van der Waals surface area contributed by atoms with E-state index in [1.54, 1.807) is 30.3 Å². The number of ether oxygens (including phenoxy) is 1. The number of hydrogen-bond acceptors (Lipinski definition) is 5. The fraction of sp³-hybridized carbons (Fsp3) is 0.188. The highest BCUT2D eigenvalue weighted by Crippen LogP contribution is 2.32. The van der Waals surface area contributed by atoms with Crippen LogP contribution in [-0.2, 0) is 10.0 Å². The van der Waals surface area contributed by atoms with Crippen LogP contribution >= 0.6 is 22.9 Å². The number of aromatic nitrogens is 1. The van der Waals surface area contributed by atoms with Gasteiger partial charge in [-0.2, -0.15) is 0 Å². The molecule has 0 spiro atoms. The molecule has 0 atom stereocenters. The van der Waals surface area contributed by atoms with Crippen molar-refractivity contribution in [1.82, 2.24) is 4.98 Å². The lowest BCUT2D eigenvalue weighted by Gasteiger charge is -2.12. The van der Waals surface area contributed by atoms with Gasteiger partial charge in [0.2, 0.25) is 0 Å². The van der Waals surface area contributed by atoms with Crippen molar-refractivity contribution in [3.8, 4) is 5.75 Å². The lowest BCUT2D eigenvalue weighted by atomic mass is 10.1. The molecule has 0 bridgehead atoms. The number of sulfonamides is 1. The van der Waals surface area contributed by atoms with Gasteiger partial charge in [0, 0.05) is 5.02 Å². The molecule has 3 rings (SSSR count). The van der Waals surface area contributed by atoms with Crippen molar-refractivity contribution in [3.63, 3.8) is 0 Å². The van der Waals surface area contributed by atoms with Crippen molar-refractivity contribution in [1.29, 1.82) is 0 Å². The Morgan fingerprint density at radius 1 is 1.17 bits per heavy atom. The van der Waals surface area contributed by atoms with E-state index < -0.39 is 10.0 Å². The first-order chi connectivity index (χ1) is 11.3. The van der Waals surface area contributed by atoms with Gasteiger partial charge in [-0.3, -0.25) is 4.72 Å². The summed E-state index contributed by atoms with van der Waals surface area (Å²) in [4.78, 5) is 4.38. The SMILES string of the molecule is COc1cc(C)c(C)cc1S(=O)(=O)Nc1nc2ccc(Cl)cc2s1. The molecule has 0 aliphatic rings. The fourth-order valence-electron chi connectivity index (χ4n) is 2.24. The zero-order valence-corrected chi connectivity index (χ0v) is 15.6. The van der Waals surface area contributed by atoms with Crippen LogP contribution in [0.3, 0.4) is 0 Å². The average Bonchev–Trinajstić information content (AvgIpc) is 2.89. The Kier molecular flexibility index (Phi) is 4.42. The molecule has 5 nitrogen and oxygen atoms in total. The third-order valence-electron chi connectivity index (χ3n) is 3.64. The molecule has 0 radical (unpaired) electrons. The third-order valence-corrected chi connectivity index (χ3v) is 6.30. The van der Waals surface area contributed by atoms with Crippen molar-refractivity contribution < 1.29 is 13.2 Å². The Morgan fingerprint density at radius 3 is 2.58 bits per heavy atom. The summed E-state index contributed by atoms with van der Waals surface area (Å²) in [6.45, 7) is 3.76. The van der Waals surface area contributed by atoms with E-state index in [4.69, 9.17) is 16.3 Å². The molecule has 0 saturated heterocycles. The van der Waals surface area contributed by atoms with Crippen LogP contribution in [0.2, 0.25) is 5.02 Å². The number of nitrogens with zero attached hydrogens (tertiary/aromatic N) is 1. The molecule has 0 unspecified atom stereocenters. The van der Waals surface area contributed by atoms with E-state index in [1.807, 2.05) is 13.8 Å². The summed E-state index contributed by atoms with van der Waals surface area (Å²) in [5, 5.41) is 0.865. The molecule has 0 amide bonds. The molecule has 1 aromatic heterocycles. The summed E-state index contributed by atoms with van der Waals surface area (Å²) in [5.41, 5.74) is 2.52. The molecule has 1 N–H and O–H groups in total. The topological polar surface area (TPSA) is 68.3 Å². The number of aryl methyl sites for hydroxylation is 2. The highest BCUT2D eigenvalue weighted by molar-refractivity contribution is 7.93. The van der Waals surface area contributed by atoms with Gasteiger partial charge in [-0.05, 0) is 55.3 Å². The number of rotatable bonds is 4. The van der Waals surface area contributed by atoms with Crippen LogP contribution in [0.5, 0.6) is 5.75 Å². The Morgan fingerprint density at radius 2 is 1.88 bits per heavy atom. The standard InChI is InChI=1S/C16H15ClN2O3S2/c1-9-6-13(22-3)15(7-10(9)2)24(20,21)19-16-18-12-5-4-11(17)8-14(12)23-16/h4-8H,1-3H3,(H,18,19). The maximum absolute atomic E-state index is 12.7. The largest absolute Gasteiger partial charge is 0.495 e. The molecule has 24 heavy (non-hydrogen) atoms. The Hall–Kier alpha value is -1.83. The predicted molar refractivity (Wildman–Crippen MR) is 97.9 cm³/mol. The Balaban J connectivity index is 2.03. The van der Waals surface area contributed by atoms with Crippen molar-refractivity contribution in [2.45, 2.75) is 18.7 Å². The highest BCUT2D eigenvalue weighted by atomic mass is 35.5. The summed E-state index contributed by atoms with van der Waals surface area (Å²) >= 11 is 7.18. The summed E-state index contributed by atoms with van der Waals surface area (Å²) in [5.74, 6) is 0.301. The quantitative estimate of drug-likeness (QED) is 0.727. The number of nitrogens with one attached hydrogen (secondary N) is 1. The lowest BCUT2D eigenvalue weighted by Crippen LogP contribution is -2.14. The first kappa shape index (κ1) is 17.0. The minimum absolute atomic E-state index is 0.0883. The van der Waals surface area contributed by atoms with Gasteiger partial charge in [0.1, 0.15) is 10.6 Å². The third kappa shape index (κ3) is 3.19. The van der Waals surface area contributed by atoms with E-state index in [-0.39, 0.29) is 10.0 Å². The number of halogens is 1. The number of methoxy groups -OCH3 is 1. The molecule has 1 heterocycles. The molecule has 0 saturated carbocycles. The zero-order chi connectivity index (χ0) is 17.5. The number of hydrogen-bond donors (Lipinski definition) is 1. The molecule has 126 valence electrons. The molecular weight excluding hydrogens is 368 g/mol. The highest BCUT2D eigenvalue weighted by Gasteiger charge is 2.22. The van der Waals surface area contributed by atoms with Crippen LogP contribution in [0.1, 0.15) is 11.1 Å². The summed E-state index contributed by atoms with van der Waals surface area (Å²) in [6, 6.07) is 8.53. The van der Waals surface area contributed by atoms with Crippen LogP contribution in [0, 0.1) is 13.8 Å². The second-order valence-electron chi connectivity index (χ2n) is 5.32. The lowest BCUT2D eigenvalue weighted by molar-refractivity contribution is 0.402. The van der Waals surface area contributed by atoms with Gasteiger partial charge in [0.05, 0.1) is 17.3 Å². The minimum Gasteiger partial charge on any atom is -0.495 e. The molecule has 8 heteroatoms. The Bertz CT molecular complexity index is 1030. The zero-order valence-electron chi connectivity index (χ0n) is 13.3. The Labute approximate surface area is 149 Å². The predicted octanol–water partition coefficient (Wildman–Crippen LogP) is 4.38. The number of benzene rings is 2.